The van der Waals surface area contributed by atoms with Gasteiger partial charge in [0.15, 0.2) is 6.10 Å². The number of rotatable bonds is 35. The minimum atomic E-state index is -4.60. The van der Waals surface area contributed by atoms with Crippen LogP contribution in [-0.4, -0.2) is 65.7 Å². The maximum atomic E-state index is 12.5. The van der Waals surface area contributed by atoms with E-state index in [1.165, 1.54) is 70.6 Å². The average molecular weight is 693 g/mol. The van der Waals surface area contributed by atoms with Gasteiger partial charge in [0.25, 0.3) is 0 Å². The van der Waals surface area contributed by atoms with Gasteiger partial charge in [-0.05, 0) is 38.5 Å². The molecule has 10 nitrogen and oxygen atoms in total. The Labute approximate surface area is 286 Å². The molecule has 0 aliphatic heterocycles. The van der Waals surface area contributed by atoms with Crippen molar-refractivity contribution in [2.45, 2.75) is 180 Å². The minimum absolute atomic E-state index is 0.177. The molecule has 0 saturated carbocycles. The monoisotopic (exact) mass is 692 g/mol. The SMILES string of the molecule is CCCCC/C=C\CCCCCCCC(=O)O[C@H](COC(=O)CCCCCCCCCCCCCC)COP(=O)(O)OC[C@@H](O)CO. The van der Waals surface area contributed by atoms with E-state index in [0.717, 1.165) is 57.8 Å². The molecule has 0 aliphatic rings. The Balaban J connectivity index is 4.39. The van der Waals surface area contributed by atoms with Gasteiger partial charge >= 0.3 is 19.8 Å². The van der Waals surface area contributed by atoms with Crippen molar-refractivity contribution in [1.82, 2.24) is 0 Å². The summed E-state index contributed by atoms with van der Waals surface area (Å²) in [7, 11) is -4.60. The Morgan fingerprint density at radius 1 is 0.617 bits per heavy atom. The molecular formula is C36H69O10P. The second-order valence-electron chi connectivity index (χ2n) is 12.6. The van der Waals surface area contributed by atoms with Gasteiger partial charge in [-0.2, -0.15) is 0 Å². The fourth-order valence-corrected chi connectivity index (χ4v) is 5.78. The summed E-state index contributed by atoms with van der Waals surface area (Å²) in [5, 5.41) is 18.2. The third-order valence-electron chi connectivity index (χ3n) is 7.92. The lowest BCUT2D eigenvalue weighted by atomic mass is 10.0. The standard InChI is InChI=1S/C36H69O10P/c1-3-5-7-9-11-13-15-17-19-21-23-25-27-35(39)43-31-34(32-45-47(41,42)44-30-33(38)29-37)46-36(40)28-26-24-22-20-18-16-14-12-10-8-6-4-2/h12,14,33-34,37-38H,3-11,13,15-32H2,1-2H3,(H,41,42)/b14-12-/t33-,34+/m0/s1. The van der Waals surface area contributed by atoms with Crippen LogP contribution < -0.4 is 0 Å². The van der Waals surface area contributed by atoms with E-state index in [4.69, 9.17) is 19.1 Å². The quantitative estimate of drug-likeness (QED) is 0.0254. The molecule has 0 bridgehead atoms. The summed E-state index contributed by atoms with van der Waals surface area (Å²) in [6, 6.07) is 0. The summed E-state index contributed by atoms with van der Waals surface area (Å²) in [5.74, 6) is -0.932. The molecule has 3 atom stereocenters. The molecule has 0 aromatic carbocycles. The molecule has 0 aliphatic carbocycles. The molecule has 3 N–H and O–H groups in total. The van der Waals surface area contributed by atoms with Crippen LogP contribution >= 0.6 is 7.82 Å². The average Bonchev–Trinajstić information content (AvgIpc) is 3.05. The molecule has 278 valence electrons. The van der Waals surface area contributed by atoms with Crippen LogP contribution in [0.25, 0.3) is 0 Å². The first kappa shape index (κ1) is 45.7. The number of aliphatic hydroxyl groups excluding tert-OH is 2. The van der Waals surface area contributed by atoms with E-state index < -0.39 is 51.8 Å². The van der Waals surface area contributed by atoms with E-state index in [1.807, 2.05) is 0 Å². The van der Waals surface area contributed by atoms with Crippen molar-refractivity contribution in [3.63, 3.8) is 0 Å². The number of carbonyl (C=O) groups excluding carboxylic acids is 2. The first-order chi connectivity index (χ1) is 22.7. The van der Waals surface area contributed by atoms with Crippen molar-refractivity contribution >= 4 is 19.8 Å². The normalized spacial score (nSPS) is 14.2. The molecule has 0 radical (unpaired) electrons. The highest BCUT2D eigenvalue weighted by molar-refractivity contribution is 7.47. The van der Waals surface area contributed by atoms with Gasteiger partial charge in [0.05, 0.1) is 19.8 Å². The third kappa shape index (κ3) is 33.0. The lowest BCUT2D eigenvalue weighted by molar-refractivity contribution is -0.161. The maximum Gasteiger partial charge on any atom is 0.472 e. The zero-order chi connectivity index (χ0) is 34.9. The lowest BCUT2D eigenvalue weighted by Gasteiger charge is -2.20. The zero-order valence-corrected chi connectivity index (χ0v) is 30.6. The Kier molecular flexibility index (Phi) is 32.3. The summed E-state index contributed by atoms with van der Waals surface area (Å²) >= 11 is 0. The Morgan fingerprint density at radius 2 is 1.04 bits per heavy atom. The third-order valence-corrected chi connectivity index (χ3v) is 8.87. The van der Waals surface area contributed by atoms with Crippen molar-refractivity contribution in [3.05, 3.63) is 12.2 Å². The summed E-state index contributed by atoms with van der Waals surface area (Å²) in [6.45, 7) is 2.33. The first-order valence-electron chi connectivity index (χ1n) is 18.6. The van der Waals surface area contributed by atoms with E-state index in [9.17, 15) is 24.2 Å². The second-order valence-corrected chi connectivity index (χ2v) is 14.1. The van der Waals surface area contributed by atoms with Gasteiger partial charge in [-0.3, -0.25) is 18.6 Å². The van der Waals surface area contributed by atoms with Crippen LogP contribution in [0.4, 0.5) is 0 Å². The van der Waals surface area contributed by atoms with Crippen molar-refractivity contribution < 1.29 is 47.8 Å². The molecule has 47 heavy (non-hydrogen) atoms. The van der Waals surface area contributed by atoms with Crippen LogP contribution in [0.5, 0.6) is 0 Å². The number of hydrogen-bond donors (Lipinski definition) is 3. The molecule has 0 amide bonds. The van der Waals surface area contributed by atoms with Crippen LogP contribution in [0.3, 0.4) is 0 Å². The predicted octanol–water partition coefficient (Wildman–Crippen LogP) is 8.89. The van der Waals surface area contributed by atoms with Gasteiger partial charge in [-0.1, -0.05) is 129 Å². The van der Waals surface area contributed by atoms with Gasteiger partial charge in [-0.15, -0.1) is 0 Å². The molecule has 1 unspecified atom stereocenters. The van der Waals surface area contributed by atoms with Crippen molar-refractivity contribution in [2.75, 3.05) is 26.4 Å². The van der Waals surface area contributed by atoms with Crippen molar-refractivity contribution in [2.24, 2.45) is 0 Å². The fourth-order valence-electron chi connectivity index (χ4n) is 4.99. The Bertz CT molecular complexity index is 807. The minimum Gasteiger partial charge on any atom is -0.462 e. The Morgan fingerprint density at radius 3 is 1.57 bits per heavy atom. The van der Waals surface area contributed by atoms with E-state index in [-0.39, 0.29) is 19.4 Å². The predicted molar refractivity (Wildman–Crippen MR) is 187 cm³/mol. The van der Waals surface area contributed by atoms with Crippen LogP contribution in [0, 0.1) is 0 Å². The number of allylic oxidation sites excluding steroid dienone is 2. The highest BCUT2D eigenvalue weighted by Gasteiger charge is 2.27. The Hall–Kier alpha value is -1.29. The van der Waals surface area contributed by atoms with Crippen LogP contribution in [0.2, 0.25) is 0 Å². The van der Waals surface area contributed by atoms with E-state index >= 15 is 0 Å². The second kappa shape index (κ2) is 33.2. The van der Waals surface area contributed by atoms with Crippen molar-refractivity contribution in [1.29, 1.82) is 0 Å². The summed E-state index contributed by atoms with van der Waals surface area (Å²) in [5.41, 5.74) is 0. The number of phosphoric acid groups is 1. The van der Waals surface area contributed by atoms with Crippen molar-refractivity contribution in [3.8, 4) is 0 Å². The van der Waals surface area contributed by atoms with Crippen LogP contribution in [0.1, 0.15) is 168 Å². The lowest BCUT2D eigenvalue weighted by Crippen LogP contribution is -2.29. The number of unbranched alkanes of at least 4 members (excludes halogenated alkanes) is 19. The molecule has 0 saturated heterocycles. The topological polar surface area (TPSA) is 149 Å². The first-order valence-corrected chi connectivity index (χ1v) is 20.1. The van der Waals surface area contributed by atoms with Crippen LogP contribution in [0.15, 0.2) is 12.2 Å². The molecule has 0 rings (SSSR count). The number of esters is 2. The zero-order valence-electron chi connectivity index (χ0n) is 29.8. The highest BCUT2D eigenvalue weighted by atomic mass is 31.2. The fraction of sp³-hybridized carbons (Fsp3) is 0.889. The van der Waals surface area contributed by atoms with Crippen LogP contribution in [-0.2, 0) is 32.7 Å². The number of hydrogen-bond acceptors (Lipinski definition) is 9. The summed E-state index contributed by atoms with van der Waals surface area (Å²) in [6.07, 6.45) is 27.5. The van der Waals surface area contributed by atoms with Gasteiger partial charge in [0, 0.05) is 12.8 Å². The molecule has 0 fully saturated rings. The molecule has 0 aromatic rings. The number of ether oxygens (including phenoxy) is 2. The largest absolute Gasteiger partial charge is 0.472 e. The molecule has 0 aromatic heterocycles. The van der Waals surface area contributed by atoms with Gasteiger partial charge in [-0.25, -0.2) is 4.57 Å². The summed E-state index contributed by atoms with van der Waals surface area (Å²) in [4.78, 5) is 34.7. The van der Waals surface area contributed by atoms with E-state index in [1.54, 1.807) is 0 Å². The summed E-state index contributed by atoms with van der Waals surface area (Å²) < 4.78 is 32.5. The number of phosphoric ester groups is 1. The maximum absolute atomic E-state index is 12.5. The molecule has 0 spiro atoms. The molecule has 0 heterocycles. The van der Waals surface area contributed by atoms with E-state index in [2.05, 4.69) is 30.5 Å². The number of carbonyl (C=O) groups is 2. The van der Waals surface area contributed by atoms with Gasteiger partial charge in [0.1, 0.15) is 12.7 Å². The smallest absolute Gasteiger partial charge is 0.462 e. The molecular weight excluding hydrogens is 623 g/mol. The highest BCUT2D eigenvalue weighted by Crippen LogP contribution is 2.43. The number of aliphatic hydroxyl groups is 2. The molecule has 11 heteroatoms. The van der Waals surface area contributed by atoms with Gasteiger partial charge in [0.2, 0.25) is 0 Å². The van der Waals surface area contributed by atoms with E-state index in [0.29, 0.717) is 12.8 Å². The van der Waals surface area contributed by atoms with Gasteiger partial charge < -0.3 is 24.6 Å².